The van der Waals surface area contributed by atoms with Gasteiger partial charge in [0, 0.05) is 12.8 Å². The van der Waals surface area contributed by atoms with Crippen LogP contribution in [-0.2, 0) is 32.7 Å². The van der Waals surface area contributed by atoms with E-state index >= 15 is 0 Å². The van der Waals surface area contributed by atoms with Crippen molar-refractivity contribution in [2.75, 3.05) is 47.5 Å². The predicted octanol–water partition coefficient (Wildman–Crippen LogP) is 18.2. The molecule has 0 aromatic heterocycles. The SMILES string of the molecule is CC/C=C\C/C=C\C/C=C\C/C=C\C/C=C\C/C=C\C/C=C\C/C=C\CCCCCCCCCCCCCCC(=O)OC(COC(=O)CCCCCCC/C=C\CCCCC)COP(=O)(O)OCC[N+](C)(C)C. The summed E-state index contributed by atoms with van der Waals surface area (Å²) < 4.78 is 34.5. The van der Waals surface area contributed by atoms with Gasteiger partial charge < -0.3 is 18.9 Å². The van der Waals surface area contributed by atoms with Crippen LogP contribution in [0, 0.1) is 0 Å². The summed E-state index contributed by atoms with van der Waals surface area (Å²) in [4.78, 5) is 35.6. The summed E-state index contributed by atoms with van der Waals surface area (Å²) in [5.41, 5.74) is 0. The van der Waals surface area contributed by atoms with Crippen LogP contribution in [-0.4, -0.2) is 74.9 Å². The van der Waals surface area contributed by atoms with E-state index in [1.54, 1.807) is 0 Å². The number of carbonyl (C=O) groups excluding carboxylic acids is 2. The molecule has 0 aliphatic heterocycles. The molecule has 0 spiro atoms. The molecule has 0 saturated carbocycles. The Kier molecular flexibility index (Phi) is 51.1. The minimum absolute atomic E-state index is 0.0261. The minimum atomic E-state index is -4.39. The number of hydrogen-bond acceptors (Lipinski definition) is 7. The number of unbranched alkanes of at least 4 members (excludes halogenated alkanes) is 20. The molecule has 0 aliphatic rings. The van der Waals surface area contributed by atoms with Gasteiger partial charge in [-0.2, -0.15) is 0 Å². The van der Waals surface area contributed by atoms with Crippen molar-refractivity contribution in [3.05, 3.63) is 109 Å². The van der Waals surface area contributed by atoms with E-state index in [0.29, 0.717) is 17.4 Å². The highest BCUT2D eigenvalue weighted by Crippen LogP contribution is 2.43. The molecule has 2 atom stereocenters. The van der Waals surface area contributed by atoms with E-state index in [0.717, 1.165) is 109 Å². The van der Waals surface area contributed by atoms with E-state index in [2.05, 4.69) is 123 Å². The van der Waals surface area contributed by atoms with Gasteiger partial charge in [0.2, 0.25) is 0 Å². The zero-order valence-electron chi connectivity index (χ0n) is 47.3. The van der Waals surface area contributed by atoms with Crippen LogP contribution in [0.3, 0.4) is 0 Å². The smallest absolute Gasteiger partial charge is 0.462 e. The highest BCUT2D eigenvalue weighted by atomic mass is 31.2. The van der Waals surface area contributed by atoms with Gasteiger partial charge in [-0.05, 0) is 103 Å². The van der Waals surface area contributed by atoms with Crippen molar-refractivity contribution in [3.63, 3.8) is 0 Å². The Balaban J connectivity index is 4.06. The summed E-state index contributed by atoms with van der Waals surface area (Å²) in [6, 6.07) is 0. The molecule has 0 aromatic carbocycles. The first-order valence-electron chi connectivity index (χ1n) is 29.1. The zero-order chi connectivity index (χ0) is 53.5. The van der Waals surface area contributed by atoms with Crippen LogP contribution >= 0.6 is 7.82 Å². The fourth-order valence-corrected chi connectivity index (χ4v) is 8.30. The second-order valence-electron chi connectivity index (χ2n) is 20.3. The van der Waals surface area contributed by atoms with Crippen LogP contribution in [0.2, 0.25) is 0 Å². The van der Waals surface area contributed by atoms with Crippen LogP contribution in [0.25, 0.3) is 0 Å². The van der Waals surface area contributed by atoms with E-state index in [1.807, 2.05) is 21.1 Å². The highest BCUT2D eigenvalue weighted by molar-refractivity contribution is 7.47. The lowest BCUT2D eigenvalue weighted by Crippen LogP contribution is -2.37. The summed E-state index contributed by atoms with van der Waals surface area (Å²) in [5, 5.41) is 0. The Morgan fingerprint density at radius 3 is 1.18 bits per heavy atom. The molecule has 0 saturated heterocycles. The fourth-order valence-electron chi connectivity index (χ4n) is 7.55. The second kappa shape index (κ2) is 53.5. The Morgan fingerprint density at radius 2 is 0.781 bits per heavy atom. The molecule has 9 nitrogen and oxygen atoms in total. The third-order valence-corrected chi connectivity index (χ3v) is 13.0. The number of hydrogen-bond donors (Lipinski definition) is 1. The van der Waals surface area contributed by atoms with Crippen molar-refractivity contribution < 1.29 is 42.1 Å². The molecule has 0 aromatic rings. The average Bonchev–Trinajstić information content (AvgIpc) is 3.35. The third-order valence-electron chi connectivity index (χ3n) is 12.0. The quantitative estimate of drug-likeness (QED) is 0.0211. The molecular formula is C63H109NO8P+. The summed E-state index contributed by atoms with van der Waals surface area (Å²) in [6.45, 7) is 4.27. The molecule has 0 bridgehead atoms. The molecule has 0 heterocycles. The number of esters is 2. The van der Waals surface area contributed by atoms with Crippen LogP contribution in [0.1, 0.15) is 226 Å². The molecule has 2 unspecified atom stereocenters. The Bertz CT molecular complexity index is 1600. The molecule has 0 radical (unpaired) electrons. The Labute approximate surface area is 448 Å². The van der Waals surface area contributed by atoms with Crippen molar-refractivity contribution >= 4 is 19.8 Å². The summed E-state index contributed by atoms with van der Waals surface area (Å²) in [5.74, 6) is -0.815. The number of rotatable bonds is 52. The van der Waals surface area contributed by atoms with Crippen LogP contribution in [0.15, 0.2) is 109 Å². The van der Waals surface area contributed by atoms with Crippen molar-refractivity contribution in [2.24, 2.45) is 0 Å². The van der Waals surface area contributed by atoms with Gasteiger partial charge in [0.25, 0.3) is 0 Å². The maximum absolute atomic E-state index is 12.8. The molecular weight excluding hydrogens is 930 g/mol. The van der Waals surface area contributed by atoms with Gasteiger partial charge in [0.05, 0.1) is 27.7 Å². The van der Waals surface area contributed by atoms with E-state index in [4.69, 9.17) is 18.5 Å². The number of quaternary nitrogens is 1. The van der Waals surface area contributed by atoms with Crippen LogP contribution < -0.4 is 0 Å². The summed E-state index contributed by atoms with van der Waals surface area (Å²) >= 11 is 0. The Morgan fingerprint density at radius 1 is 0.438 bits per heavy atom. The number of phosphoric acid groups is 1. The molecule has 73 heavy (non-hydrogen) atoms. The maximum Gasteiger partial charge on any atom is 0.472 e. The first kappa shape index (κ1) is 69.7. The normalized spacial score (nSPS) is 14.1. The monoisotopic (exact) mass is 1040 g/mol. The van der Waals surface area contributed by atoms with Gasteiger partial charge in [0.1, 0.15) is 19.8 Å². The zero-order valence-corrected chi connectivity index (χ0v) is 48.2. The van der Waals surface area contributed by atoms with Gasteiger partial charge in [-0.15, -0.1) is 0 Å². The third kappa shape index (κ3) is 57.8. The molecule has 418 valence electrons. The first-order chi connectivity index (χ1) is 35.5. The molecule has 0 aliphatic carbocycles. The van der Waals surface area contributed by atoms with Crippen LogP contribution in [0.4, 0.5) is 0 Å². The number of nitrogens with zero attached hydrogens (tertiary/aromatic N) is 1. The van der Waals surface area contributed by atoms with E-state index in [9.17, 15) is 19.0 Å². The van der Waals surface area contributed by atoms with Gasteiger partial charge in [0.15, 0.2) is 6.10 Å². The standard InChI is InChI=1S/C63H108NO8P/c1-6-8-10-12-14-16-18-20-21-22-23-24-25-26-27-28-29-30-31-32-33-34-35-36-37-38-39-40-41-42-43-44-46-48-50-52-54-56-63(66)72-61(60-71-73(67,68)70-58-57-64(3,4)5)59-69-62(65)55-53-51-49-47-45-19-17-15-13-11-9-7-2/h8,10,14-17,20-21,23-24,26-27,29-30,32-33,35-36,61H,6-7,9,11-13,18-19,22,25,28,31,34,37-60H2,1-5H3/p+1/b10-8-,16-14-,17-15-,21-20-,24-23-,27-26-,30-29-,33-32-,36-35-. The van der Waals surface area contributed by atoms with Crippen molar-refractivity contribution in [3.8, 4) is 0 Å². The molecule has 0 fully saturated rings. The largest absolute Gasteiger partial charge is 0.472 e. The Hall–Kier alpha value is -3.33. The second-order valence-corrected chi connectivity index (χ2v) is 21.7. The number of ether oxygens (including phenoxy) is 2. The average molecular weight is 1040 g/mol. The van der Waals surface area contributed by atoms with Gasteiger partial charge in [-0.1, -0.05) is 220 Å². The lowest BCUT2D eigenvalue weighted by molar-refractivity contribution is -0.870. The topological polar surface area (TPSA) is 108 Å². The molecule has 1 N–H and O–H groups in total. The van der Waals surface area contributed by atoms with Crippen LogP contribution in [0.5, 0.6) is 0 Å². The lowest BCUT2D eigenvalue weighted by atomic mass is 10.0. The minimum Gasteiger partial charge on any atom is -0.462 e. The van der Waals surface area contributed by atoms with E-state index in [1.165, 1.54) is 83.5 Å². The van der Waals surface area contributed by atoms with E-state index < -0.39 is 26.5 Å². The predicted molar refractivity (Wildman–Crippen MR) is 311 cm³/mol. The summed E-state index contributed by atoms with van der Waals surface area (Å²) in [7, 11) is 1.46. The van der Waals surface area contributed by atoms with Gasteiger partial charge in [-0.25, -0.2) is 4.57 Å². The lowest BCUT2D eigenvalue weighted by Gasteiger charge is -2.24. The molecule has 0 amide bonds. The van der Waals surface area contributed by atoms with E-state index in [-0.39, 0.29) is 32.0 Å². The maximum atomic E-state index is 12.8. The fraction of sp³-hybridized carbons (Fsp3) is 0.683. The van der Waals surface area contributed by atoms with Gasteiger partial charge in [-0.3, -0.25) is 18.6 Å². The highest BCUT2D eigenvalue weighted by Gasteiger charge is 2.27. The number of carbonyl (C=O) groups is 2. The molecule has 10 heteroatoms. The van der Waals surface area contributed by atoms with Crippen molar-refractivity contribution in [2.45, 2.75) is 232 Å². The number of allylic oxidation sites excluding steroid dienone is 18. The van der Waals surface area contributed by atoms with Gasteiger partial charge >= 0.3 is 19.8 Å². The first-order valence-corrected chi connectivity index (χ1v) is 30.6. The molecule has 0 rings (SSSR count). The van der Waals surface area contributed by atoms with Crippen molar-refractivity contribution in [1.82, 2.24) is 0 Å². The van der Waals surface area contributed by atoms with Crippen molar-refractivity contribution in [1.29, 1.82) is 0 Å². The number of phosphoric ester groups is 1. The summed E-state index contributed by atoms with van der Waals surface area (Å²) in [6.07, 6.45) is 74.5. The number of likely N-dealkylation sites (N-methyl/N-ethyl adjacent to an activating group) is 1.